The van der Waals surface area contributed by atoms with Gasteiger partial charge in [0.25, 0.3) is 0 Å². The van der Waals surface area contributed by atoms with Crippen molar-refractivity contribution in [2.45, 2.75) is 27.7 Å². The predicted molar refractivity (Wildman–Crippen MR) is 69.4 cm³/mol. The second-order valence-corrected chi connectivity index (χ2v) is 5.14. The topological polar surface area (TPSA) is 16.1 Å². The number of aryl methyl sites for hydroxylation is 1. The smallest absolute Gasteiger partial charge is 0.131 e. The summed E-state index contributed by atoms with van der Waals surface area (Å²) >= 11 is 3.44. The van der Waals surface area contributed by atoms with Gasteiger partial charge in [-0.1, -0.05) is 13.8 Å². The lowest BCUT2D eigenvalue weighted by Crippen LogP contribution is -2.28. The molecule has 1 heterocycles. The maximum absolute atomic E-state index is 4.48. The zero-order valence-electron chi connectivity index (χ0n) is 9.92. The lowest BCUT2D eigenvalue weighted by molar-refractivity contribution is 0.613. The number of pyridine rings is 1. The Bertz CT molecular complexity index is 323. The van der Waals surface area contributed by atoms with Crippen molar-refractivity contribution in [3.63, 3.8) is 0 Å². The molecule has 2 nitrogen and oxygen atoms in total. The van der Waals surface area contributed by atoms with Crippen LogP contribution in [0, 0.1) is 12.8 Å². The minimum Gasteiger partial charge on any atom is -0.356 e. The first kappa shape index (κ1) is 12.5. The molecular formula is C12H19BrN2. The zero-order valence-corrected chi connectivity index (χ0v) is 11.5. The summed E-state index contributed by atoms with van der Waals surface area (Å²) in [5, 5.41) is 0. The SMILES string of the molecule is CCN(CC(C)C)c1ncc(Br)cc1C. The molecule has 0 aromatic carbocycles. The van der Waals surface area contributed by atoms with Crippen LogP contribution in [0.5, 0.6) is 0 Å². The van der Waals surface area contributed by atoms with E-state index in [2.05, 4.69) is 59.6 Å². The van der Waals surface area contributed by atoms with Crippen LogP contribution in [0.25, 0.3) is 0 Å². The molecule has 0 atom stereocenters. The number of hydrogen-bond donors (Lipinski definition) is 0. The summed E-state index contributed by atoms with van der Waals surface area (Å²) in [5.74, 6) is 1.77. The number of nitrogens with zero attached hydrogens (tertiary/aromatic N) is 2. The Morgan fingerprint density at radius 2 is 2.13 bits per heavy atom. The van der Waals surface area contributed by atoms with E-state index in [4.69, 9.17) is 0 Å². The first-order chi connectivity index (χ1) is 7.04. The maximum atomic E-state index is 4.48. The molecule has 0 radical (unpaired) electrons. The summed E-state index contributed by atoms with van der Waals surface area (Å²) in [6.07, 6.45) is 1.87. The number of anilines is 1. The van der Waals surface area contributed by atoms with Gasteiger partial charge in [0.1, 0.15) is 5.82 Å². The van der Waals surface area contributed by atoms with Gasteiger partial charge < -0.3 is 4.90 Å². The van der Waals surface area contributed by atoms with Crippen LogP contribution >= 0.6 is 15.9 Å². The average molecular weight is 271 g/mol. The molecule has 15 heavy (non-hydrogen) atoms. The molecule has 84 valence electrons. The quantitative estimate of drug-likeness (QED) is 0.831. The molecule has 0 bridgehead atoms. The van der Waals surface area contributed by atoms with Crippen LogP contribution in [0.4, 0.5) is 5.82 Å². The van der Waals surface area contributed by atoms with E-state index in [1.807, 2.05) is 6.20 Å². The van der Waals surface area contributed by atoms with Gasteiger partial charge in [-0.05, 0) is 47.3 Å². The highest BCUT2D eigenvalue weighted by Gasteiger charge is 2.10. The third-order valence-corrected chi connectivity index (χ3v) is 2.72. The first-order valence-electron chi connectivity index (χ1n) is 5.41. The average Bonchev–Trinajstić information content (AvgIpc) is 2.14. The van der Waals surface area contributed by atoms with Gasteiger partial charge in [-0.15, -0.1) is 0 Å². The van der Waals surface area contributed by atoms with Crippen LogP contribution in [0.3, 0.4) is 0 Å². The Hall–Kier alpha value is -0.570. The van der Waals surface area contributed by atoms with Gasteiger partial charge in [0.05, 0.1) is 0 Å². The van der Waals surface area contributed by atoms with Crippen LogP contribution in [0.15, 0.2) is 16.7 Å². The van der Waals surface area contributed by atoms with Crippen molar-refractivity contribution in [1.29, 1.82) is 0 Å². The van der Waals surface area contributed by atoms with Gasteiger partial charge in [-0.3, -0.25) is 0 Å². The standard InChI is InChI=1S/C12H19BrN2/c1-5-15(8-9(2)3)12-10(4)6-11(13)7-14-12/h6-7,9H,5,8H2,1-4H3. The van der Waals surface area contributed by atoms with Crippen LogP contribution in [-0.2, 0) is 0 Å². The molecule has 0 saturated carbocycles. The molecule has 0 aliphatic heterocycles. The van der Waals surface area contributed by atoms with E-state index in [1.165, 1.54) is 5.56 Å². The fourth-order valence-electron chi connectivity index (χ4n) is 1.67. The monoisotopic (exact) mass is 270 g/mol. The second-order valence-electron chi connectivity index (χ2n) is 4.23. The van der Waals surface area contributed by atoms with E-state index >= 15 is 0 Å². The first-order valence-corrected chi connectivity index (χ1v) is 6.21. The Kier molecular flexibility index (Phi) is 4.58. The Morgan fingerprint density at radius 3 is 2.60 bits per heavy atom. The minimum atomic E-state index is 0.662. The van der Waals surface area contributed by atoms with Gasteiger partial charge in [0.2, 0.25) is 0 Å². The molecule has 0 N–H and O–H groups in total. The number of rotatable bonds is 4. The van der Waals surface area contributed by atoms with Crippen LogP contribution < -0.4 is 4.90 Å². The summed E-state index contributed by atoms with van der Waals surface area (Å²) in [6, 6.07) is 2.12. The van der Waals surface area contributed by atoms with E-state index in [-0.39, 0.29) is 0 Å². The second kappa shape index (κ2) is 5.50. The minimum absolute atomic E-state index is 0.662. The van der Waals surface area contributed by atoms with E-state index in [1.54, 1.807) is 0 Å². The lowest BCUT2D eigenvalue weighted by Gasteiger charge is -2.25. The predicted octanol–water partition coefficient (Wildman–Crippen LogP) is 3.63. The highest BCUT2D eigenvalue weighted by Crippen LogP contribution is 2.21. The Balaban J connectivity index is 2.91. The van der Waals surface area contributed by atoms with Crippen molar-refractivity contribution < 1.29 is 0 Å². The maximum Gasteiger partial charge on any atom is 0.131 e. The highest BCUT2D eigenvalue weighted by atomic mass is 79.9. The van der Waals surface area contributed by atoms with Crippen LogP contribution in [0.1, 0.15) is 26.3 Å². The molecule has 0 fully saturated rings. The molecule has 0 saturated heterocycles. The van der Waals surface area contributed by atoms with Crippen molar-refractivity contribution in [2.75, 3.05) is 18.0 Å². The van der Waals surface area contributed by atoms with Crippen LogP contribution in [-0.4, -0.2) is 18.1 Å². The van der Waals surface area contributed by atoms with Crippen molar-refractivity contribution >= 4 is 21.7 Å². The molecule has 0 unspecified atom stereocenters. The molecule has 0 spiro atoms. The van der Waals surface area contributed by atoms with Crippen molar-refractivity contribution in [1.82, 2.24) is 4.98 Å². The van der Waals surface area contributed by atoms with Gasteiger partial charge in [-0.2, -0.15) is 0 Å². The number of aromatic nitrogens is 1. The summed E-state index contributed by atoms with van der Waals surface area (Å²) in [5.41, 5.74) is 1.23. The largest absolute Gasteiger partial charge is 0.356 e. The molecule has 1 rings (SSSR count). The fourth-order valence-corrected chi connectivity index (χ4v) is 2.12. The summed E-state index contributed by atoms with van der Waals surface area (Å²) in [7, 11) is 0. The van der Waals surface area contributed by atoms with E-state index in [0.717, 1.165) is 23.4 Å². The van der Waals surface area contributed by atoms with Gasteiger partial charge in [0, 0.05) is 23.8 Å². The third-order valence-electron chi connectivity index (χ3n) is 2.28. The Labute approximate surface area is 101 Å². The molecule has 0 aliphatic carbocycles. The lowest BCUT2D eigenvalue weighted by atomic mass is 10.2. The fraction of sp³-hybridized carbons (Fsp3) is 0.583. The van der Waals surface area contributed by atoms with Crippen molar-refractivity contribution in [3.8, 4) is 0 Å². The summed E-state index contributed by atoms with van der Waals surface area (Å²) in [6.45, 7) is 10.8. The zero-order chi connectivity index (χ0) is 11.4. The van der Waals surface area contributed by atoms with Crippen molar-refractivity contribution in [3.05, 3.63) is 22.3 Å². The molecular weight excluding hydrogens is 252 g/mol. The molecule has 3 heteroatoms. The number of halogens is 1. The molecule has 1 aromatic heterocycles. The van der Waals surface area contributed by atoms with E-state index in [0.29, 0.717) is 5.92 Å². The summed E-state index contributed by atoms with van der Waals surface area (Å²) in [4.78, 5) is 6.81. The highest BCUT2D eigenvalue weighted by molar-refractivity contribution is 9.10. The number of hydrogen-bond acceptors (Lipinski definition) is 2. The van der Waals surface area contributed by atoms with E-state index in [9.17, 15) is 0 Å². The van der Waals surface area contributed by atoms with Gasteiger partial charge >= 0.3 is 0 Å². The third kappa shape index (κ3) is 3.49. The van der Waals surface area contributed by atoms with Crippen LogP contribution in [0.2, 0.25) is 0 Å². The van der Waals surface area contributed by atoms with Gasteiger partial charge in [0.15, 0.2) is 0 Å². The summed E-state index contributed by atoms with van der Waals surface area (Å²) < 4.78 is 1.05. The van der Waals surface area contributed by atoms with Crippen molar-refractivity contribution in [2.24, 2.45) is 5.92 Å². The molecule has 1 aromatic rings. The van der Waals surface area contributed by atoms with E-state index < -0.39 is 0 Å². The molecule has 0 amide bonds. The molecule has 0 aliphatic rings. The normalized spacial score (nSPS) is 10.8. The Morgan fingerprint density at radius 1 is 1.47 bits per heavy atom. The van der Waals surface area contributed by atoms with Gasteiger partial charge in [-0.25, -0.2) is 4.98 Å².